The largest absolute Gasteiger partial charge is 0.484 e. The molecule has 0 saturated heterocycles. The van der Waals surface area contributed by atoms with Crippen LogP contribution in [0.5, 0.6) is 5.75 Å². The summed E-state index contributed by atoms with van der Waals surface area (Å²) in [5.74, 6) is 0.766. The van der Waals surface area contributed by atoms with Gasteiger partial charge in [-0.3, -0.25) is 4.68 Å². The molecule has 19 heavy (non-hydrogen) atoms. The lowest BCUT2D eigenvalue weighted by molar-refractivity contribution is -0.0898. The molecule has 108 valence electrons. The van der Waals surface area contributed by atoms with Gasteiger partial charge >= 0.3 is 0 Å². The predicted molar refractivity (Wildman–Crippen MR) is 72.9 cm³/mol. The van der Waals surface area contributed by atoms with Crippen LogP contribution in [0.2, 0.25) is 0 Å². The van der Waals surface area contributed by atoms with Crippen molar-refractivity contribution < 1.29 is 14.2 Å². The monoisotopic (exact) mass is 288 g/mol. The van der Waals surface area contributed by atoms with E-state index < -0.39 is 0 Å². The average Bonchev–Trinajstić information content (AvgIpc) is 2.83. The smallest absolute Gasteiger partial charge is 0.157 e. The summed E-state index contributed by atoms with van der Waals surface area (Å²) in [6, 6.07) is 0.327. The Morgan fingerprint density at radius 3 is 2.84 bits per heavy atom. The zero-order valence-electron chi connectivity index (χ0n) is 11.6. The standard InChI is InChI=1S/C13H21ClN2O3/c1-9(2)16-8-10(7-15-16)19-12-6-11(14)13(12)18-5-4-17-3/h7-9,11-13H,4-6H2,1-3H3. The van der Waals surface area contributed by atoms with Crippen LogP contribution in [0.25, 0.3) is 0 Å². The van der Waals surface area contributed by atoms with E-state index >= 15 is 0 Å². The molecule has 1 aliphatic rings. The second kappa shape index (κ2) is 6.59. The first-order valence-corrected chi connectivity index (χ1v) is 7.01. The molecule has 0 radical (unpaired) electrons. The Morgan fingerprint density at radius 2 is 2.26 bits per heavy atom. The summed E-state index contributed by atoms with van der Waals surface area (Å²) < 4.78 is 18.3. The molecule has 0 N–H and O–H groups in total. The van der Waals surface area contributed by atoms with Gasteiger partial charge in [0.15, 0.2) is 5.75 Å². The maximum Gasteiger partial charge on any atom is 0.157 e. The molecule has 1 heterocycles. The number of hydrogen-bond donors (Lipinski definition) is 0. The molecule has 1 fully saturated rings. The summed E-state index contributed by atoms with van der Waals surface area (Å²) in [6.45, 7) is 5.25. The van der Waals surface area contributed by atoms with E-state index in [1.54, 1.807) is 13.3 Å². The van der Waals surface area contributed by atoms with Crippen molar-refractivity contribution in [1.29, 1.82) is 0 Å². The zero-order chi connectivity index (χ0) is 13.8. The van der Waals surface area contributed by atoms with Crippen molar-refractivity contribution in [2.24, 2.45) is 0 Å². The van der Waals surface area contributed by atoms with Crippen LogP contribution in [-0.2, 0) is 9.47 Å². The van der Waals surface area contributed by atoms with Crippen LogP contribution in [0.4, 0.5) is 0 Å². The molecule has 0 aromatic carbocycles. The molecule has 3 atom stereocenters. The van der Waals surface area contributed by atoms with Gasteiger partial charge in [0, 0.05) is 19.6 Å². The molecule has 0 bridgehead atoms. The first-order chi connectivity index (χ1) is 9.11. The van der Waals surface area contributed by atoms with Crippen molar-refractivity contribution in [2.45, 2.75) is 43.9 Å². The van der Waals surface area contributed by atoms with Crippen LogP contribution in [0.3, 0.4) is 0 Å². The lowest BCUT2D eigenvalue weighted by Crippen LogP contribution is -2.53. The summed E-state index contributed by atoms with van der Waals surface area (Å²) in [4.78, 5) is 0. The third kappa shape index (κ3) is 3.61. The van der Waals surface area contributed by atoms with Gasteiger partial charge in [0.2, 0.25) is 0 Å². The average molecular weight is 289 g/mol. The van der Waals surface area contributed by atoms with E-state index in [1.807, 2.05) is 10.9 Å². The first-order valence-electron chi connectivity index (χ1n) is 6.57. The molecule has 5 nitrogen and oxygen atoms in total. The predicted octanol–water partition coefficient (Wildman–Crippen LogP) is 2.25. The molecular weight excluding hydrogens is 268 g/mol. The fourth-order valence-corrected chi connectivity index (χ4v) is 2.37. The van der Waals surface area contributed by atoms with E-state index in [-0.39, 0.29) is 17.6 Å². The minimum Gasteiger partial charge on any atom is -0.484 e. The van der Waals surface area contributed by atoms with Gasteiger partial charge in [0.25, 0.3) is 0 Å². The summed E-state index contributed by atoms with van der Waals surface area (Å²) in [5, 5.41) is 4.26. The minimum absolute atomic E-state index is 0.00386. The molecule has 6 heteroatoms. The van der Waals surface area contributed by atoms with Gasteiger partial charge in [-0.25, -0.2) is 0 Å². The van der Waals surface area contributed by atoms with E-state index in [4.69, 9.17) is 25.8 Å². The molecular formula is C13H21ClN2O3. The number of aromatic nitrogens is 2. The van der Waals surface area contributed by atoms with Crippen LogP contribution < -0.4 is 4.74 Å². The molecule has 1 aromatic rings. The van der Waals surface area contributed by atoms with E-state index in [9.17, 15) is 0 Å². The van der Waals surface area contributed by atoms with Crippen molar-refractivity contribution >= 4 is 11.6 Å². The SMILES string of the molecule is COCCOC1C(Cl)CC1Oc1cnn(C(C)C)c1. The second-order valence-corrected chi connectivity index (χ2v) is 5.55. The Labute approximate surface area is 118 Å². The highest BCUT2D eigenvalue weighted by atomic mass is 35.5. The van der Waals surface area contributed by atoms with E-state index in [0.717, 1.165) is 12.2 Å². The van der Waals surface area contributed by atoms with Crippen molar-refractivity contribution in [3.63, 3.8) is 0 Å². The van der Waals surface area contributed by atoms with Crippen LogP contribution in [-0.4, -0.2) is 47.7 Å². The Hall–Kier alpha value is -0.780. The topological polar surface area (TPSA) is 45.5 Å². The number of rotatable bonds is 7. The number of methoxy groups -OCH3 is 1. The highest BCUT2D eigenvalue weighted by molar-refractivity contribution is 6.21. The number of ether oxygens (including phenoxy) is 3. The van der Waals surface area contributed by atoms with Gasteiger partial charge < -0.3 is 14.2 Å². The Balaban J connectivity index is 1.84. The summed E-state index contributed by atoms with van der Waals surface area (Å²) >= 11 is 6.14. The molecule has 2 rings (SSSR count). The van der Waals surface area contributed by atoms with Crippen LogP contribution in [0, 0.1) is 0 Å². The van der Waals surface area contributed by atoms with Crippen molar-refractivity contribution in [2.75, 3.05) is 20.3 Å². The Bertz CT molecular complexity index is 397. The Kier molecular flexibility index (Phi) is 5.07. The maximum atomic E-state index is 6.14. The summed E-state index contributed by atoms with van der Waals surface area (Å²) in [5.41, 5.74) is 0. The van der Waals surface area contributed by atoms with Crippen molar-refractivity contribution in [3.05, 3.63) is 12.4 Å². The first kappa shape index (κ1) is 14.6. The van der Waals surface area contributed by atoms with E-state index in [0.29, 0.717) is 19.3 Å². The Morgan fingerprint density at radius 1 is 1.47 bits per heavy atom. The summed E-state index contributed by atoms with van der Waals surface area (Å²) in [7, 11) is 1.65. The summed E-state index contributed by atoms with van der Waals surface area (Å²) in [6.07, 6.45) is 4.36. The third-order valence-electron chi connectivity index (χ3n) is 3.17. The van der Waals surface area contributed by atoms with Gasteiger partial charge in [0.05, 0.1) is 31.0 Å². The minimum atomic E-state index is -0.0702. The van der Waals surface area contributed by atoms with Gasteiger partial charge in [-0.2, -0.15) is 5.10 Å². The van der Waals surface area contributed by atoms with E-state index in [1.165, 1.54) is 0 Å². The fourth-order valence-electron chi connectivity index (χ4n) is 1.96. The lowest BCUT2D eigenvalue weighted by Gasteiger charge is -2.40. The normalized spacial score (nSPS) is 26.5. The van der Waals surface area contributed by atoms with Crippen LogP contribution in [0.1, 0.15) is 26.3 Å². The number of hydrogen-bond acceptors (Lipinski definition) is 4. The van der Waals surface area contributed by atoms with Gasteiger partial charge in [-0.1, -0.05) is 0 Å². The number of alkyl halides is 1. The lowest BCUT2D eigenvalue weighted by atomic mass is 9.91. The molecule has 0 aliphatic heterocycles. The molecule has 0 spiro atoms. The number of halogens is 1. The van der Waals surface area contributed by atoms with Gasteiger partial charge in [-0.15, -0.1) is 11.6 Å². The quantitative estimate of drug-likeness (QED) is 0.570. The molecule has 1 saturated carbocycles. The van der Waals surface area contributed by atoms with Gasteiger partial charge in [0.1, 0.15) is 12.2 Å². The highest BCUT2D eigenvalue weighted by Gasteiger charge is 2.43. The van der Waals surface area contributed by atoms with Crippen LogP contribution in [0.15, 0.2) is 12.4 Å². The van der Waals surface area contributed by atoms with Crippen molar-refractivity contribution in [1.82, 2.24) is 9.78 Å². The van der Waals surface area contributed by atoms with E-state index in [2.05, 4.69) is 18.9 Å². The third-order valence-corrected chi connectivity index (χ3v) is 3.60. The molecule has 1 aliphatic carbocycles. The highest BCUT2D eigenvalue weighted by Crippen LogP contribution is 2.33. The second-order valence-electron chi connectivity index (χ2n) is 4.99. The van der Waals surface area contributed by atoms with Gasteiger partial charge in [-0.05, 0) is 13.8 Å². The molecule has 3 unspecified atom stereocenters. The number of nitrogens with zero attached hydrogens (tertiary/aromatic N) is 2. The molecule has 0 amide bonds. The zero-order valence-corrected chi connectivity index (χ0v) is 12.3. The fraction of sp³-hybridized carbons (Fsp3) is 0.769. The maximum absolute atomic E-state index is 6.14. The van der Waals surface area contributed by atoms with Crippen LogP contribution >= 0.6 is 11.6 Å². The van der Waals surface area contributed by atoms with Crippen molar-refractivity contribution in [3.8, 4) is 5.75 Å². The molecule has 1 aromatic heterocycles.